The lowest BCUT2D eigenvalue weighted by Crippen LogP contribution is -3.00. The van der Waals surface area contributed by atoms with Crippen molar-refractivity contribution in [3.05, 3.63) is 29.3 Å². The summed E-state index contributed by atoms with van der Waals surface area (Å²) in [5.74, 6) is 1.67. The Hall–Kier alpha value is -1.07. The molecule has 0 aromatic heterocycles. The van der Waals surface area contributed by atoms with Crippen LogP contribution < -0.4 is 27.0 Å². The zero-order valence-corrected chi connectivity index (χ0v) is 19.7. The quantitative estimate of drug-likeness (QED) is 0.391. The number of aryl methyl sites for hydroxylation is 1. The van der Waals surface area contributed by atoms with Crippen molar-refractivity contribution in [2.75, 3.05) is 40.3 Å². The Labute approximate surface area is 177 Å². The van der Waals surface area contributed by atoms with E-state index in [-0.39, 0.29) is 22.9 Å². The molecule has 1 N–H and O–H groups in total. The average Bonchev–Trinajstić information content (AvgIpc) is 2.55. The van der Waals surface area contributed by atoms with Crippen LogP contribution in [-0.4, -0.2) is 50.7 Å². The number of carbonyl (C=O) groups excluding carboxylic acids is 1. The molecule has 0 atom stereocenters. The smallest absolute Gasteiger partial charge is 0.275 e. The first-order chi connectivity index (χ1) is 12.2. The van der Waals surface area contributed by atoms with E-state index in [9.17, 15) is 4.79 Å². The number of nitrogens with zero attached hydrogens (tertiary/aromatic N) is 1. The van der Waals surface area contributed by atoms with E-state index in [1.165, 1.54) is 11.1 Å². The normalized spacial score (nSPS) is 11.2. The fourth-order valence-corrected chi connectivity index (χ4v) is 2.88. The number of halogens is 1. The van der Waals surface area contributed by atoms with Crippen LogP contribution in [0.1, 0.15) is 63.5 Å². The first kappa shape index (κ1) is 25.9. The number of ether oxygens (including phenoxy) is 1. The van der Waals surface area contributed by atoms with Gasteiger partial charge in [0.05, 0.1) is 27.2 Å². The van der Waals surface area contributed by atoms with E-state index in [1.807, 2.05) is 0 Å². The fraction of sp³-hybridized carbons (Fsp3) is 0.682. The largest absolute Gasteiger partial charge is 1.00 e. The minimum atomic E-state index is 0. The number of rotatable bonds is 12. The molecule has 0 unspecified atom stereocenters. The highest BCUT2D eigenvalue weighted by molar-refractivity contribution is 5.76. The third-order valence-corrected chi connectivity index (χ3v) is 4.72. The zero-order chi connectivity index (χ0) is 19.6. The molecule has 0 saturated carbocycles. The van der Waals surface area contributed by atoms with Gasteiger partial charge in [0.15, 0.2) is 6.54 Å². The summed E-state index contributed by atoms with van der Waals surface area (Å²) in [4.78, 5) is 12.0. The molecule has 0 fully saturated rings. The van der Waals surface area contributed by atoms with Gasteiger partial charge in [0, 0.05) is 6.54 Å². The van der Waals surface area contributed by atoms with Crippen LogP contribution in [0, 0.1) is 6.92 Å². The van der Waals surface area contributed by atoms with Gasteiger partial charge in [-0.3, -0.25) is 4.79 Å². The van der Waals surface area contributed by atoms with Gasteiger partial charge < -0.3 is 31.5 Å². The van der Waals surface area contributed by atoms with Crippen LogP contribution in [0.15, 0.2) is 18.2 Å². The highest BCUT2D eigenvalue weighted by atomic mass is 79.9. The summed E-state index contributed by atoms with van der Waals surface area (Å²) in [7, 11) is 4.24. The molecule has 27 heavy (non-hydrogen) atoms. The topological polar surface area (TPSA) is 38.3 Å². The third kappa shape index (κ3) is 10.7. The highest BCUT2D eigenvalue weighted by Crippen LogP contribution is 2.24. The molecule has 1 aromatic carbocycles. The number of unbranched alkanes of at least 4 members (excludes halogenated alkanes) is 2. The molecule has 0 saturated heterocycles. The number of hydrogen-bond donors (Lipinski definition) is 1. The molecular formula is C22H39BrN2O2. The molecule has 5 heteroatoms. The van der Waals surface area contributed by atoms with E-state index in [4.69, 9.17) is 4.74 Å². The molecule has 0 spiro atoms. The van der Waals surface area contributed by atoms with Crippen molar-refractivity contribution in [1.29, 1.82) is 0 Å². The van der Waals surface area contributed by atoms with Gasteiger partial charge in [-0.1, -0.05) is 39.3 Å². The molecule has 0 heterocycles. The van der Waals surface area contributed by atoms with Gasteiger partial charge in [0.25, 0.3) is 5.91 Å². The van der Waals surface area contributed by atoms with E-state index in [2.05, 4.69) is 65.3 Å². The lowest BCUT2D eigenvalue weighted by Gasteiger charge is -2.29. The maximum Gasteiger partial charge on any atom is 0.275 e. The van der Waals surface area contributed by atoms with Crippen LogP contribution in [-0.2, 0) is 4.79 Å². The Bertz CT molecular complexity index is 559. The van der Waals surface area contributed by atoms with E-state index < -0.39 is 0 Å². The second-order valence-electron chi connectivity index (χ2n) is 8.26. The van der Waals surface area contributed by atoms with Crippen molar-refractivity contribution >= 4 is 5.91 Å². The van der Waals surface area contributed by atoms with Crippen LogP contribution in [0.4, 0.5) is 0 Å². The van der Waals surface area contributed by atoms with Crippen LogP contribution in [0.25, 0.3) is 0 Å². The van der Waals surface area contributed by atoms with Gasteiger partial charge in [-0.15, -0.1) is 0 Å². The Morgan fingerprint density at radius 1 is 1.19 bits per heavy atom. The molecule has 4 nitrogen and oxygen atoms in total. The second-order valence-corrected chi connectivity index (χ2v) is 8.26. The van der Waals surface area contributed by atoms with Crippen molar-refractivity contribution in [2.45, 2.75) is 59.3 Å². The molecule has 0 bridgehead atoms. The summed E-state index contributed by atoms with van der Waals surface area (Å²) < 4.78 is 6.72. The number of amides is 1. The average molecular weight is 443 g/mol. The Balaban J connectivity index is 0.00000676. The second kappa shape index (κ2) is 13.2. The third-order valence-electron chi connectivity index (χ3n) is 4.72. The van der Waals surface area contributed by atoms with Crippen molar-refractivity contribution < 1.29 is 31.0 Å². The lowest BCUT2D eigenvalue weighted by atomic mass is 10.0. The number of quaternary nitrogens is 1. The summed E-state index contributed by atoms with van der Waals surface area (Å²) in [5.41, 5.74) is 2.51. The number of carbonyl (C=O) groups is 1. The molecule has 0 aliphatic heterocycles. The minimum absolute atomic E-state index is 0. The first-order valence-electron chi connectivity index (χ1n) is 10.1. The van der Waals surface area contributed by atoms with E-state index in [0.717, 1.165) is 55.6 Å². The number of nitrogens with one attached hydrogen (secondary N) is 1. The van der Waals surface area contributed by atoms with E-state index in [0.29, 0.717) is 12.5 Å². The molecule has 156 valence electrons. The number of benzene rings is 1. The standard InChI is InChI=1S/C22H38N2O2.BrH/c1-7-8-13-23-22(25)17-24(5,6)14-9-10-15-26-21-16-20(18(2)3)12-11-19(21)4;/h11-12,16,18H,7-10,13-15,17H2,1-6H3;1H. The van der Waals surface area contributed by atoms with Crippen molar-refractivity contribution in [3.8, 4) is 5.75 Å². The first-order valence-corrected chi connectivity index (χ1v) is 10.1. The molecule has 0 radical (unpaired) electrons. The zero-order valence-electron chi connectivity index (χ0n) is 18.1. The monoisotopic (exact) mass is 442 g/mol. The molecule has 0 aliphatic rings. The van der Waals surface area contributed by atoms with Crippen LogP contribution in [0.3, 0.4) is 0 Å². The molecular weight excluding hydrogens is 404 g/mol. The van der Waals surface area contributed by atoms with E-state index in [1.54, 1.807) is 0 Å². The van der Waals surface area contributed by atoms with Crippen molar-refractivity contribution in [1.82, 2.24) is 5.32 Å². The summed E-state index contributed by atoms with van der Waals surface area (Å²) in [5, 5.41) is 3.00. The predicted molar refractivity (Wildman–Crippen MR) is 110 cm³/mol. The van der Waals surface area contributed by atoms with Gasteiger partial charge in [-0.05, 0) is 49.3 Å². The SMILES string of the molecule is CCCCNC(=O)C[N+](C)(C)CCCCOc1cc(C(C)C)ccc1C.[Br-]. The van der Waals surface area contributed by atoms with Crippen molar-refractivity contribution in [2.24, 2.45) is 0 Å². The van der Waals surface area contributed by atoms with E-state index >= 15 is 0 Å². The predicted octanol–water partition coefficient (Wildman–Crippen LogP) is 1.27. The van der Waals surface area contributed by atoms with Gasteiger partial charge >= 0.3 is 0 Å². The Kier molecular flexibility index (Phi) is 12.6. The van der Waals surface area contributed by atoms with Crippen LogP contribution in [0.2, 0.25) is 0 Å². The lowest BCUT2D eigenvalue weighted by molar-refractivity contribution is -0.882. The summed E-state index contributed by atoms with van der Waals surface area (Å²) in [6.45, 7) is 11.7. The highest BCUT2D eigenvalue weighted by Gasteiger charge is 2.19. The Morgan fingerprint density at radius 3 is 2.52 bits per heavy atom. The molecule has 1 rings (SSSR count). The fourth-order valence-electron chi connectivity index (χ4n) is 2.88. The maximum absolute atomic E-state index is 12.0. The summed E-state index contributed by atoms with van der Waals surface area (Å²) in [6.07, 6.45) is 4.22. The van der Waals surface area contributed by atoms with Crippen LogP contribution in [0.5, 0.6) is 5.75 Å². The van der Waals surface area contributed by atoms with Gasteiger partial charge in [0.1, 0.15) is 5.75 Å². The molecule has 0 aliphatic carbocycles. The Morgan fingerprint density at radius 2 is 1.89 bits per heavy atom. The van der Waals surface area contributed by atoms with Gasteiger partial charge in [-0.2, -0.15) is 0 Å². The number of hydrogen-bond acceptors (Lipinski definition) is 2. The molecule has 1 aromatic rings. The van der Waals surface area contributed by atoms with Crippen LogP contribution >= 0.6 is 0 Å². The summed E-state index contributed by atoms with van der Waals surface area (Å²) in [6, 6.07) is 6.49. The van der Waals surface area contributed by atoms with Gasteiger partial charge in [-0.25, -0.2) is 0 Å². The minimum Gasteiger partial charge on any atom is -1.00 e. The van der Waals surface area contributed by atoms with Gasteiger partial charge in [0.2, 0.25) is 0 Å². The summed E-state index contributed by atoms with van der Waals surface area (Å²) >= 11 is 0. The molecule has 1 amide bonds. The van der Waals surface area contributed by atoms with Crippen molar-refractivity contribution in [3.63, 3.8) is 0 Å². The maximum atomic E-state index is 12.0. The number of likely N-dealkylation sites (N-methyl/N-ethyl adjacent to an activating group) is 1.